The number of likely N-dealkylation sites (N-methyl/N-ethyl adjacent to an activating group) is 1. The van der Waals surface area contributed by atoms with Crippen LogP contribution in [0.3, 0.4) is 0 Å². The number of methoxy groups -OCH3 is 1. The number of ether oxygens (including phenoxy) is 1. The zero-order valence-electron chi connectivity index (χ0n) is 14.3. The summed E-state index contributed by atoms with van der Waals surface area (Å²) in [5.74, 6) is 1.23. The number of hydrogen-bond donors (Lipinski definition) is 1. The maximum atomic E-state index is 12.4. The summed E-state index contributed by atoms with van der Waals surface area (Å²) in [5, 5.41) is 0.950. The van der Waals surface area contributed by atoms with E-state index < -0.39 is 0 Å². The molecule has 0 saturated carbocycles. The zero-order chi connectivity index (χ0) is 17.0. The highest BCUT2D eigenvalue weighted by molar-refractivity contribution is 5.88. The smallest absolute Gasteiger partial charge is 0.226 e. The Balaban J connectivity index is 2.00. The van der Waals surface area contributed by atoms with Crippen LogP contribution in [0.15, 0.2) is 28.9 Å². The fourth-order valence-electron chi connectivity index (χ4n) is 2.43. The lowest BCUT2D eigenvalue weighted by Crippen LogP contribution is -2.35. The molecule has 1 aromatic carbocycles. The molecule has 0 fully saturated rings. The average Bonchev–Trinajstić information content (AvgIpc) is 2.93. The van der Waals surface area contributed by atoms with Gasteiger partial charge in [0, 0.05) is 36.7 Å². The summed E-state index contributed by atoms with van der Waals surface area (Å²) in [6, 6.07) is 5.74. The van der Waals surface area contributed by atoms with Crippen molar-refractivity contribution < 1.29 is 13.9 Å². The van der Waals surface area contributed by atoms with Gasteiger partial charge in [0.15, 0.2) is 0 Å². The fourth-order valence-corrected chi connectivity index (χ4v) is 2.43. The van der Waals surface area contributed by atoms with Gasteiger partial charge in [-0.25, -0.2) is 0 Å². The Morgan fingerprint density at radius 1 is 1.39 bits per heavy atom. The van der Waals surface area contributed by atoms with Gasteiger partial charge in [-0.15, -0.1) is 0 Å². The number of nitrogens with zero attached hydrogens (tertiary/aromatic N) is 1. The highest BCUT2D eigenvalue weighted by Crippen LogP contribution is 2.26. The van der Waals surface area contributed by atoms with Crippen LogP contribution in [0.1, 0.15) is 25.8 Å². The normalized spacial score (nSPS) is 12.6. The second-order valence-electron chi connectivity index (χ2n) is 6.31. The van der Waals surface area contributed by atoms with Crippen molar-refractivity contribution in [2.24, 2.45) is 11.7 Å². The van der Waals surface area contributed by atoms with Crippen molar-refractivity contribution in [3.8, 4) is 5.75 Å². The van der Waals surface area contributed by atoms with E-state index in [1.807, 2.05) is 25.2 Å². The summed E-state index contributed by atoms with van der Waals surface area (Å²) in [6.45, 7) is 4.86. The summed E-state index contributed by atoms with van der Waals surface area (Å²) >= 11 is 0. The van der Waals surface area contributed by atoms with E-state index in [-0.39, 0.29) is 11.9 Å². The molecule has 1 amide bonds. The highest BCUT2D eigenvalue weighted by Gasteiger charge is 2.16. The first-order chi connectivity index (χ1) is 10.9. The molecule has 1 atom stereocenters. The summed E-state index contributed by atoms with van der Waals surface area (Å²) in [5.41, 5.74) is 7.67. The summed E-state index contributed by atoms with van der Waals surface area (Å²) in [6.07, 6.45) is 2.78. The third-order valence-electron chi connectivity index (χ3n) is 4.28. The average molecular weight is 318 g/mol. The van der Waals surface area contributed by atoms with E-state index >= 15 is 0 Å². The number of nitrogens with two attached hydrogens (primary N) is 1. The molecule has 5 nitrogen and oxygen atoms in total. The van der Waals surface area contributed by atoms with E-state index in [9.17, 15) is 4.79 Å². The minimum Gasteiger partial charge on any atom is -0.497 e. The van der Waals surface area contributed by atoms with Crippen molar-refractivity contribution in [1.29, 1.82) is 0 Å². The molecular weight excluding hydrogens is 292 g/mol. The molecule has 0 aliphatic heterocycles. The van der Waals surface area contributed by atoms with Gasteiger partial charge >= 0.3 is 0 Å². The lowest BCUT2D eigenvalue weighted by molar-refractivity contribution is -0.129. The minimum absolute atomic E-state index is 0.0690. The molecule has 2 aromatic rings. The molecule has 1 aromatic heterocycles. The molecule has 23 heavy (non-hydrogen) atoms. The SMILES string of the molecule is COc1ccc2c(CC(=O)N(C)CCC(N)C(C)C)coc2c1. The Kier molecular flexibility index (Phi) is 5.66. The second kappa shape index (κ2) is 7.51. The minimum atomic E-state index is 0.0690. The van der Waals surface area contributed by atoms with Gasteiger partial charge in [0.25, 0.3) is 0 Å². The number of furan rings is 1. The standard InChI is InChI=1S/C18H26N2O3/c1-12(2)16(19)7-8-20(3)18(21)9-13-11-23-17-10-14(22-4)5-6-15(13)17/h5-6,10-12,16H,7-9,19H2,1-4H3. The number of carbonyl (C=O) groups is 1. The summed E-state index contributed by atoms with van der Waals surface area (Å²) in [4.78, 5) is 14.1. The van der Waals surface area contributed by atoms with Crippen LogP contribution in [0.25, 0.3) is 11.0 Å². The van der Waals surface area contributed by atoms with Crippen molar-refractivity contribution in [3.05, 3.63) is 30.0 Å². The van der Waals surface area contributed by atoms with Crippen molar-refractivity contribution in [2.75, 3.05) is 20.7 Å². The molecule has 2 N–H and O–H groups in total. The van der Waals surface area contributed by atoms with Crippen LogP contribution in [0.4, 0.5) is 0 Å². The molecular formula is C18H26N2O3. The van der Waals surface area contributed by atoms with Crippen molar-refractivity contribution >= 4 is 16.9 Å². The fraction of sp³-hybridized carbons (Fsp3) is 0.500. The predicted octanol–water partition coefficient (Wildman–Crippen LogP) is 2.82. The first-order valence-electron chi connectivity index (χ1n) is 7.96. The van der Waals surface area contributed by atoms with Gasteiger partial charge in [0.05, 0.1) is 19.8 Å². The van der Waals surface area contributed by atoms with Crippen LogP contribution in [0.5, 0.6) is 5.75 Å². The van der Waals surface area contributed by atoms with Crippen molar-refractivity contribution in [2.45, 2.75) is 32.7 Å². The highest BCUT2D eigenvalue weighted by atomic mass is 16.5. The Morgan fingerprint density at radius 3 is 2.78 bits per heavy atom. The van der Waals surface area contributed by atoms with Gasteiger partial charge in [-0.2, -0.15) is 0 Å². The number of amides is 1. The first kappa shape index (κ1) is 17.3. The third kappa shape index (κ3) is 4.26. The summed E-state index contributed by atoms with van der Waals surface area (Å²) < 4.78 is 10.7. The van der Waals surface area contributed by atoms with Crippen LogP contribution in [-0.2, 0) is 11.2 Å². The van der Waals surface area contributed by atoms with Crippen LogP contribution in [0.2, 0.25) is 0 Å². The summed E-state index contributed by atoms with van der Waals surface area (Å²) in [7, 11) is 3.44. The second-order valence-corrected chi connectivity index (χ2v) is 6.31. The quantitative estimate of drug-likeness (QED) is 0.852. The molecule has 0 bridgehead atoms. The largest absolute Gasteiger partial charge is 0.497 e. The molecule has 0 aliphatic rings. The lowest BCUT2D eigenvalue weighted by Gasteiger charge is -2.21. The lowest BCUT2D eigenvalue weighted by atomic mass is 10.0. The van der Waals surface area contributed by atoms with Crippen molar-refractivity contribution in [3.63, 3.8) is 0 Å². The monoisotopic (exact) mass is 318 g/mol. The number of rotatable bonds is 7. The Morgan fingerprint density at radius 2 is 2.13 bits per heavy atom. The molecule has 0 radical (unpaired) electrons. The van der Waals surface area contributed by atoms with Crippen LogP contribution < -0.4 is 10.5 Å². The zero-order valence-corrected chi connectivity index (χ0v) is 14.3. The molecule has 0 aliphatic carbocycles. The van der Waals surface area contributed by atoms with Gasteiger partial charge in [-0.1, -0.05) is 13.8 Å². The van der Waals surface area contributed by atoms with E-state index in [0.29, 0.717) is 18.9 Å². The first-order valence-corrected chi connectivity index (χ1v) is 7.96. The molecule has 2 rings (SSSR count). The van der Waals surface area contributed by atoms with Crippen LogP contribution in [-0.4, -0.2) is 37.6 Å². The molecule has 126 valence electrons. The van der Waals surface area contributed by atoms with Crippen LogP contribution >= 0.6 is 0 Å². The maximum Gasteiger partial charge on any atom is 0.226 e. The number of carbonyl (C=O) groups excluding carboxylic acids is 1. The molecule has 1 unspecified atom stereocenters. The van der Waals surface area contributed by atoms with Gasteiger partial charge in [-0.05, 0) is 24.5 Å². The number of hydrogen-bond acceptors (Lipinski definition) is 4. The molecule has 1 heterocycles. The van der Waals surface area contributed by atoms with E-state index in [1.165, 1.54) is 0 Å². The molecule has 0 spiro atoms. The van der Waals surface area contributed by atoms with E-state index in [1.54, 1.807) is 18.3 Å². The van der Waals surface area contributed by atoms with Gasteiger partial charge in [0.1, 0.15) is 11.3 Å². The third-order valence-corrected chi connectivity index (χ3v) is 4.28. The van der Waals surface area contributed by atoms with E-state index in [0.717, 1.165) is 28.7 Å². The van der Waals surface area contributed by atoms with Gasteiger partial charge < -0.3 is 19.8 Å². The number of fused-ring (bicyclic) bond motifs is 1. The van der Waals surface area contributed by atoms with E-state index in [4.69, 9.17) is 14.9 Å². The Bertz CT molecular complexity index is 663. The van der Waals surface area contributed by atoms with Crippen molar-refractivity contribution in [1.82, 2.24) is 4.90 Å². The molecule has 5 heteroatoms. The molecule has 0 saturated heterocycles. The topological polar surface area (TPSA) is 68.7 Å². The van der Waals surface area contributed by atoms with Gasteiger partial charge in [-0.3, -0.25) is 4.79 Å². The number of benzene rings is 1. The maximum absolute atomic E-state index is 12.4. The van der Waals surface area contributed by atoms with E-state index in [2.05, 4.69) is 13.8 Å². The Hall–Kier alpha value is -2.01. The predicted molar refractivity (Wildman–Crippen MR) is 91.5 cm³/mol. The van der Waals surface area contributed by atoms with Gasteiger partial charge in [0.2, 0.25) is 5.91 Å². The van der Waals surface area contributed by atoms with Crippen LogP contribution in [0, 0.1) is 5.92 Å². The Labute approximate surface area is 137 Å².